The maximum atomic E-state index is 5.37. The van der Waals surface area contributed by atoms with Gasteiger partial charge in [-0.15, -0.1) is 0 Å². The van der Waals surface area contributed by atoms with Crippen LogP contribution in [0.1, 0.15) is 6.42 Å². The summed E-state index contributed by atoms with van der Waals surface area (Å²) in [7, 11) is 5.39. The summed E-state index contributed by atoms with van der Waals surface area (Å²) < 4.78 is 11.6. The summed E-state index contributed by atoms with van der Waals surface area (Å²) in [5.74, 6) is 2.35. The first-order chi connectivity index (χ1) is 11.6. The third-order valence-electron chi connectivity index (χ3n) is 4.33. The molecule has 1 unspecified atom stereocenters. The molecular weight excluding hydrogens is 372 g/mol. The lowest BCUT2D eigenvalue weighted by molar-refractivity contribution is 0.394. The third-order valence-corrected chi connectivity index (χ3v) is 4.74. The number of halogens is 1. The van der Waals surface area contributed by atoms with Crippen LogP contribution in [0.25, 0.3) is 0 Å². The molecule has 3 rings (SSSR count). The van der Waals surface area contributed by atoms with Crippen LogP contribution in [0, 0.1) is 0 Å². The predicted octanol–water partition coefficient (Wildman–Crippen LogP) is 2.97. The van der Waals surface area contributed by atoms with Gasteiger partial charge in [-0.3, -0.25) is 0 Å². The van der Waals surface area contributed by atoms with E-state index in [1.54, 1.807) is 26.6 Å². The normalized spacial score (nSPS) is 17.0. The molecule has 2 heterocycles. The molecule has 1 aromatic carbocycles. The van der Waals surface area contributed by atoms with Gasteiger partial charge in [-0.25, -0.2) is 9.97 Å². The van der Waals surface area contributed by atoms with E-state index in [1.165, 1.54) is 0 Å². The van der Waals surface area contributed by atoms with Gasteiger partial charge >= 0.3 is 0 Å². The third kappa shape index (κ3) is 3.56. The molecule has 0 radical (unpaired) electrons. The maximum absolute atomic E-state index is 5.37. The molecule has 2 aromatic rings. The van der Waals surface area contributed by atoms with E-state index in [2.05, 4.69) is 35.7 Å². The predicted molar refractivity (Wildman–Crippen MR) is 98.3 cm³/mol. The molecule has 1 saturated heterocycles. The lowest BCUT2D eigenvalue weighted by atomic mass is 10.2. The Morgan fingerprint density at radius 2 is 1.75 bits per heavy atom. The molecule has 1 aliphatic rings. The molecule has 1 aromatic heterocycles. The van der Waals surface area contributed by atoms with Crippen LogP contribution in [0.5, 0.6) is 11.5 Å². The van der Waals surface area contributed by atoms with E-state index in [-0.39, 0.29) is 0 Å². The van der Waals surface area contributed by atoms with Gasteiger partial charge in [0.05, 0.1) is 24.7 Å². The highest BCUT2D eigenvalue weighted by Gasteiger charge is 2.27. The first-order valence-corrected chi connectivity index (χ1v) is 8.58. The van der Waals surface area contributed by atoms with Crippen LogP contribution >= 0.6 is 15.9 Å². The summed E-state index contributed by atoms with van der Waals surface area (Å²) in [6.45, 7) is 1.88. The highest BCUT2D eigenvalue weighted by molar-refractivity contribution is 9.10. The largest absolute Gasteiger partial charge is 0.497 e. The number of hydrogen-bond donors (Lipinski definition) is 0. The topological polar surface area (TPSA) is 50.7 Å². The number of anilines is 2. The van der Waals surface area contributed by atoms with E-state index in [9.17, 15) is 0 Å². The van der Waals surface area contributed by atoms with Crippen LogP contribution in [-0.4, -0.2) is 50.4 Å². The number of hydrogen-bond acceptors (Lipinski definition) is 6. The molecule has 24 heavy (non-hydrogen) atoms. The Labute approximate surface area is 150 Å². The Bertz CT molecular complexity index is 673. The molecule has 128 valence electrons. The van der Waals surface area contributed by atoms with Crippen LogP contribution in [0.2, 0.25) is 0 Å². The second-order valence-corrected chi connectivity index (χ2v) is 6.69. The van der Waals surface area contributed by atoms with E-state index in [0.29, 0.717) is 6.04 Å². The average Bonchev–Trinajstić information content (AvgIpc) is 3.11. The fourth-order valence-corrected chi connectivity index (χ4v) is 3.12. The summed E-state index contributed by atoms with van der Waals surface area (Å²) in [5.41, 5.74) is 1.11. The summed E-state index contributed by atoms with van der Waals surface area (Å²) in [6.07, 6.45) is 4.60. The number of rotatable bonds is 5. The highest BCUT2D eigenvalue weighted by Crippen LogP contribution is 2.31. The number of benzene rings is 1. The Morgan fingerprint density at radius 3 is 2.33 bits per heavy atom. The lowest BCUT2D eigenvalue weighted by Gasteiger charge is -2.25. The lowest BCUT2D eigenvalue weighted by Crippen LogP contribution is -2.35. The van der Waals surface area contributed by atoms with E-state index >= 15 is 0 Å². The molecule has 7 heteroatoms. The van der Waals surface area contributed by atoms with Crippen molar-refractivity contribution in [3.8, 4) is 11.5 Å². The molecular formula is C17H21BrN4O2. The van der Waals surface area contributed by atoms with E-state index in [1.807, 2.05) is 25.2 Å². The molecule has 0 saturated carbocycles. The van der Waals surface area contributed by atoms with Gasteiger partial charge in [0.25, 0.3) is 0 Å². The molecule has 6 nitrogen and oxygen atoms in total. The molecule has 0 N–H and O–H groups in total. The van der Waals surface area contributed by atoms with Gasteiger partial charge in [-0.2, -0.15) is 0 Å². The van der Waals surface area contributed by atoms with E-state index in [0.717, 1.165) is 47.1 Å². The number of methoxy groups -OCH3 is 2. The summed E-state index contributed by atoms with van der Waals surface area (Å²) in [4.78, 5) is 13.3. The molecule has 1 fully saturated rings. The second kappa shape index (κ2) is 7.25. The summed E-state index contributed by atoms with van der Waals surface area (Å²) in [5, 5.41) is 0. The van der Waals surface area contributed by atoms with Crippen molar-refractivity contribution in [1.82, 2.24) is 9.97 Å². The fraction of sp³-hybridized carbons (Fsp3) is 0.412. The van der Waals surface area contributed by atoms with Crippen molar-refractivity contribution in [2.45, 2.75) is 12.5 Å². The Kier molecular flexibility index (Phi) is 5.08. The first kappa shape index (κ1) is 16.8. The summed E-state index contributed by atoms with van der Waals surface area (Å²) >= 11 is 3.37. The number of aromatic nitrogens is 2. The van der Waals surface area contributed by atoms with Gasteiger partial charge in [0, 0.05) is 56.4 Å². The highest BCUT2D eigenvalue weighted by atomic mass is 79.9. The minimum Gasteiger partial charge on any atom is -0.497 e. The number of nitrogens with zero attached hydrogens (tertiary/aromatic N) is 4. The Balaban J connectivity index is 1.74. The van der Waals surface area contributed by atoms with Crippen molar-refractivity contribution < 1.29 is 9.47 Å². The van der Waals surface area contributed by atoms with Crippen LogP contribution < -0.4 is 19.3 Å². The van der Waals surface area contributed by atoms with Crippen LogP contribution in [0.3, 0.4) is 0 Å². The van der Waals surface area contributed by atoms with Crippen LogP contribution in [0.4, 0.5) is 11.6 Å². The SMILES string of the molecule is COc1cc(OC)cc(N2CCC(N(C)c3ncc(Br)cn3)C2)c1. The smallest absolute Gasteiger partial charge is 0.225 e. The van der Waals surface area contributed by atoms with Crippen molar-refractivity contribution in [1.29, 1.82) is 0 Å². The Morgan fingerprint density at radius 1 is 1.12 bits per heavy atom. The zero-order valence-corrected chi connectivity index (χ0v) is 15.7. The Hall–Kier alpha value is -2.02. The maximum Gasteiger partial charge on any atom is 0.225 e. The molecule has 1 aliphatic heterocycles. The van der Waals surface area contributed by atoms with Crippen molar-refractivity contribution >= 4 is 27.6 Å². The number of likely N-dealkylation sites (N-methyl/N-ethyl adjacent to an activating group) is 1. The zero-order valence-electron chi connectivity index (χ0n) is 14.1. The van der Waals surface area contributed by atoms with Crippen LogP contribution in [0.15, 0.2) is 35.1 Å². The molecule has 0 bridgehead atoms. The van der Waals surface area contributed by atoms with Gasteiger partial charge in [-0.05, 0) is 22.4 Å². The van der Waals surface area contributed by atoms with Crippen LogP contribution in [-0.2, 0) is 0 Å². The monoisotopic (exact) mass is 392 g/mol. The summed E-state index contributed by atoms with van der Waals surface area (Å²) in [6, 6.07) is 6.34. The first-order valence-electron chi connectivity index (χ1n) is 7.79. The molecule has 0 amide bonds. The van der Waals surface area contributed by atoms with Gasteiger partial charge in [0.2, 0.25) is 5.95 Å². The van der Waals surface area contributed by atoms with Gasteiger partial charge in [0.15, 0.2) is 0 Å². The van der Waals surface area contributed by atoms with E-state index < -0.39 is 0 Å². The minimum atomic E-state index is 0.364. The van der Waals surface area contributed by atoms with Gasteiger partial charge in [-0.1, -0.05) is 0 Å². The van der Waals surface area contributed by atoms with Gasteiger partial charge < -0.3 is 19.3 Å². The van der Waals surface area contributed by atoms with Crippen molar-refractivity contribution in [3.05, 3.63) is 35.1 Å². The second-order valence-electron chi connectivity index (χ2n) is 5.77. The quantitative estimate of drug-likeness (QED) is 0.779. The number of ether oxygens (including phenoxy) is 2. The standard InChI is InChI=1S/C17H21BrN4O2/c1-21(17-19-9-12(18)10-20-17)13-4-5-22(11-13)14-6-15(23-2)8-16(7-14)24-3/h6-10,13H,4-5,11H2,1-3H3. The van der Waals surface area contributed by atoms with E-state index in [4.69, 9.17) is 9.47 Å². The molecule has 1 atom stereocenters. The molecule has 0 spiro atoms. The van der Waals surface area contributed by atoms with Crippen molar-refractivity contribution in [2.24, 2.45) is 0 Å². The zero-order chi connectivity index (χ0) is 17.1. The average molecular weight is 393 g/mol. The molecule has 0 aliphatic carbocycles. The van der Waals surface area contributed by atoms with Crippen molar-refractivity contribution in [2.75, 3.05) is 44.2 Å². The van der Waals surface area contributed by atoms with Crippen molar-refractivity contribution in [3.63, 3.8) is 0 Å². The minimum absolute atomic E-state index is 0.364. The fourth-order valence-electron chi connectivity index (χ4n) is 2.92. The van der Waals surface area contributed by atoms with Gasteiger partial charge in [0.1, 0.15) is 11.5 Å².